The van der Waals surface area contributed by atoms with Gasteiger partial charge in [-0.15, -0.1) is 12.4 Å². The van der Waals surface area contributed by atoms with Gasteiger partial charge in [0.2, 0.25) is 11.8 Å². The van der Waals surface area contributed by atoms with Crippen LogP contribution in [-0.2, 0) is 16.0 Å². The molecule has 2 heterocycles. The van der Waals surface area contributed by atoms with Crippen LogP contribution in [0, 0.1) is 5.92 Å². The third kappa shape index (κ3) is 4.96. The Morgan fingerprint density at radius 1 is 1.19 bits per heavy atom. The minimum atomic E-state index is -0.0401. The highest BCUT2D eigenvalue weighted by atomic mass is 35.5. The third-order valence-electron chi connectivity index (χ3n) is 5.09. The molecule has 1 atom stereocenters. The monoisotopic (exact) mass is 380 g/mol. The number of nitrogens with one attached hydrogen (secondary N) is 1. The van der Waals surface area contributed by atoms with Crippen molar-refractivity contribution in [2.45, 2.75) is 25.7 Å². The molecule has 2 aliphatic heterocycles. The Bertz CT molecular complexity index is 625. The Morgan fingerprint density at radius 3 is 2.81 bits per heavy atom. The summed E-state index contributed by atoms with van der Waals surface area (Å²) in [5.74, 6) is 0.155. The summed E-state index contributed by atoms with van der Waals surface area (Å²) in [5.41, 5.74) is 7.74. The number of piperidine rings is 1. The zero-order chi connectivity index (χ0) is 17.6. The molecular formula is C19H29ClN4O2. The van der Waals surface area contributed by atoms with E-state index in [2.05, 4.69) is 16.3 Å². The molecule has 2 aliphatic rings. The Kier molecular flexibility index (Phi) is 7.87. The smallest absolute Gasteiger partial charge is 0.241 e. The number of halogens is 1. The van der Waals surface area contributed by atoms with Crippen LogP contribution in [0.5, 0.6) is 0 Å². The number of carbonyl (C=O) groups is 2. The second kappa shape index (κ2) is 9.90. The first-order valence-corrected chi connectivity index (χ1v) is 9.27. The molecule has 7 heteroatoms. The van der Waals surface area contributed by atoms with Gasteiger partial charge in [0.05, 0.1) is 12.5 Å². The average molecular weight is 381 g/mol. The number of nitrogens with zero attached hydrogens (tertiary/aromatic N) is 2. The number of benzene rings is 1. The number of carbonyl (C=O) groups excluding carboxylic acids is 2. The molecule has 1 fully saturated rings. The number of para-hydroxylation sites is 1. The maximum Gasteiger partial charge on any atom is 0.241 e. The number of rotatable bonds is 5. The largest absolute Gasteiger partial charge is 0.355 e. The second-order valence-corrected chi connectivity index (χ2v) is 6.93. The summed E-state index contributed by atoms with van der Waals surface area (Å²) < 4.78 is 0. The van der Waals surface area contributed by atoms with Gasteiger partial charge in [0, 0.05) is 31.9 Å². The molecule has 1 unspecified atom stereocenters. The number of likely N-dealkylation sites (tertiary alicyclic amines) is 1. The molecule has 1 saturated heterocycles. The molecule has 0 aliphatic carbocycles. The van der Waals surface area contributed by atoms with Gasteiger partial charge in [-0.2, -0.15) is 0 Å². The molecule has 0 spiro atoms. The molecule has 0 saturated carbocycles. The van der Waals surface area contributed by atoms with Crippen molar-refractivity contribution in [2.24, 2.45) is 11.7 Å². The van der Waals surface area contributed by atoms with E-state index in [9.17, 15) is 9.59 Å². The fraction of sp³-hybridized carbons (Fsp3) is 0.579. The quantitative estimate of drug-likeness (QED) is 0.803. The zero-order valence-corrected chi connectivity index (χ0v) is 16.0. The average Bonchev–Trinajstić information content (AvgIpc) is 2.65. The molecular weight excluding hydrogens is 352 g/mol. The Labute approximate surface area is 161 Å². The highest BCUT2D eigenvalue weighted by Gasteiger charge is 2.29. The van der Waals surface area contributed by atoms with E-state index in [1.54, 1.807) is 0 Å². The Hall–Kier alpha value is -1.63. The van der Waals surface area contributed by atoms with Crippen molar-refractivity contribution in [1.29, 1.82) is 0 Å². The van der Waals surface area contributed by atoms with Crippen molar-refractivity contribution in [1.82, 2.24) is 10.2 Å². The van der Waals surface area contributed by atoms with E-state index < -0.39 is 0 Å². The molecule has 0 radical (unpaired) electrons. The number of amides is 2. The van der Waals surface area contributed by atoms with Crippen molar-refractivity contribution < 1.29 is 9.59 Å². The summed E-state index contributed by atoms with van der Waals surface area (Å²) in [6.45, 7) is 3.66. The van der Waals surface area contributed by atoms with E-state index in [4.69, 9.17) is 5.73 Å². The minimum absolute atomic E-state index is 0. The molecule has 2 amide bonds. The highest BCUT2D eigenvalue weighted by Crippen LogP contribution is 2.27. The van der Waals surface area contributed by atoms with Crippen molar-refractivity contribution in [3.8, 4) is 0 Å². The van der Waals surface area contributed by atoms with E-state index in [0.717, 1.165) is 44.5 Å². The fourth-order valence-electron chi connectivity index (χ4n) is 3.82. The third-order valence-corrected chi connectivity index (χ3v) is 5.09. The van der Waals surface area contributed by atoms with Gasteiger partial charge < -0.3 is 16.0 Å². The molecule has 144 valence electrons. The molecule has 1 aromatic carbocycles. The number of hydrogen-bond acceptors (Lipinski definition) is 4. The lowest BCUT2D eigenvalue weighted by Gasteiger charge is -2.35. The Morgan fingerprint density at radius 2 is 2.00 bits per heavy atom. The summed E-state index contributed by atoms with van der Waals surface area (Å²) in [7, 11) is 0. The van der Waals surface area contributed by atoms with Crippen LogP contribution in [0.3, 0.4) is 0 Å². The topological polar surface area (TPSA) is 78.7 Å². The normalized spacial score (nSPS) is 20.0. The van der Waals surface area contributed by atoms with Gasteiger partial charge in [0.1, 0.15) is 0 Å². The van der Waals surface area contributed by atoms with Gasteiger partial charge >= 0.3 is 0 Å². The van der Waals surface area contributed by atoms with Crippen LogP contribution in [0.1, 0.15) is 24.8 Å². The number of anilines is 1. The van der Waals surface area contributed by atoms with E-state index in [1.165, 1.54) is 5.56 Å². The van der Waals surface area contributed by atoms with Crippen LogP contribution in [0.2, 0.25) is 0 Å². The number of fused-ring (bicyclic) bond motifs is 1. The van der Waals surface area contributed by atoms with E-state index >= 15 is 0 Å². The van der Waals surface area contributed by atoms with Crippen LogP contribution in [0.4, 0.5) is 5.69 Å². The Balaban J connectivity index is 0.00000243. The van der Waals surface area contributed by atoms with Crippen LogP contribution >= 0.6 is 12.4 Å². The maximum atomic E-state index is 12.8. The summed E-state index contributed by atoms with van der Waals surface area (Å²) >= 11 is 0. The van der Waals surface area contributed by atoms with Gasteiger partial charge in [0.15, 0.2) is 0 Å². The molecule has 1 aromatic rings. The summed E-state index contributed by atoms with van der Waals surface area (Å²) in [6, 6.07) is 8.16. The van der Waals surface area contributed by atoms with Gasteiger partial charge in [-0.3, -0.25) is 14.5 Å². The summed E-state index contributed by atoms with van der Waals surface area (Å²) in [6.07, 6.45) is 3.87. The van der Waals surface area contributed by atoms with Gasteiger partial charge in [-0.1, -0.05) is 18.2 Å². The van der Waals surface area contributed by atoms with Crippen LogP contribution in [0.25, 0.3) is 0 Å². The van der Waals surface area contributed by atoms with Gasteiger partial charge in [-0.25, -0.2) is 0 Å². The van der Waals surface area contributed by atoms with Gasteiger partial charge in [-0.05, 0) is 43.9 Å². The van der Waals surface area contributed by atoms with Crippen molar-refractivity contribution in [3.63, 3.8) is 0 Å². The lowest BCUT2D eigenvalue weighted by molar-refractivity contribution is -0.128. The lowest BCUT2D eigenvalue weighted by atomic mass is 9.97. The van der Waals surface area contributed by atoms with Crippen LogP contribution in [-0.4, -0.2) is 56.0 Å². The van der Waals surface area contributed by atoms with Crippen LogP contribution in [0.15, 0.2) is 24.3 Å². The summed E-state index contributed by atoms with van der Waals surface area (Å²) in [5, 5.41) is 2.87. The number of hydrogen-bond donors (Lipinski definition) is 2. The lowest BCUT2D eigenvalue weighted by Crippen LogP contribution is -2.48. The van der Waals surface area contributed by atoms with E-state index in [-0.39, 0.29) is 30.1 Å². The van der Waals surface area contributed by atoms with Gasteiger partial charge in [0.25, 0.3) is 0 Å². The molecule has 3 rings (SSSR count). The molecule has 0 bridgehead atoms. The first kappa shape index (κ1) is 20.7. The maximum absolute atomic E-state index is 12.8. The molecule has 0 aromatic heterocycles. The van der Waals surface area contributed by atoms with E-state index in [0.29, 0.717) is 26.2 Å². The minimum Gasteiger partial charge on any atom is -0.355 e. The predicted molar refractivity (Wildman–Crippen MR) is 106 cm³/mol. The first-order chi connectivity index (χ1) is 12.2. The predicted octanol–water partition coefficient (Wildman–Crippen LogP) is 1.17. The SMILES string of the molecule is Cl.NCCNC(=O)C1CCCN(CC(=O)N2CCCc3ccccc32)C1. The fourth-order valence-corrected chi connectivity index (χ4v) is 3.82. The van der Waals surface area contributed by atoms with Crippen molar-refractivity contribution >= 4 is 29.9 Å². The standard InChI is InChI=1S/C19H28N4O2.ClH/c20-9-10-21-19(25)16-7-3-11-22(13-16)14-18(24)23-12-4-6-15-5-1-2-8-17(15)23;/h1-2,5,8,16H,3-4,6-7,9-14,20H2,(H,21,25);1H. The van der Waals surface area contributed by atoms with Crippen molar-refractivity contribution in [2.75, 3.05) is 44.2 Å². The van der Waals surface area contributed by atoms with Crippen molar-refractivity contribution in [3.05, 3.63) is 29.8 Å². The summed E-state index contributed by atoms with van der Waals surface area (Å²) in [4.78, 5) is 29.0. The first-order valence-electron chi connectivity index (χ1n) is 9.27. The number of nitrogens with two attached hydrogens (primary N) is 1. The molecule has 6 nitrogen and oxygen atoms in total. The molecule has 26 heavy (non-hydrogen) atoms. The zero-order valence-electron chi connectivity index (χ0n) is 15.2. The van der Waals surface area contributed by atoms with E-state index in [1.807, 2.05) is 23.1 Å². The number of aryl methyl sites for hydroxylation is 1. The highest BCUT2D eigenvalue weighted by molar-refractivity contribution is 5.96. The second-order valence-electron chi connectivity index (χ2n) is 6.93. The molecule has 3 N–H and O–H groups in total. The van der Waals surface area contributed by atoms with Crippen LogP contribution < -0.4 is 16.0 Å².